The minimum absolute atomic E-state index is 0.0285. The van der Waals surface area contributed by atoms with E-state index in [1.165, 1.54) is 0 Å². The molecule has 0 saturated heterocycles. The van der Waals surface area contributed by atoms with Gasteiger partial charge < -0.3 is 14.7 Å². The summed E-state index contributed by atoms with van der Waals surface area (Å²) >= 11 is 0. The number of ether oxygens (including phenoxy) is 1. The van der Waals surface area contributed by atoms with Gasteiger partial charge in [0.25, 0.3) is 0 Å². The molecule has 0 aliphatic carbocycles. The van der Waals surface area contributed by atoms with Gasteiger partial charge in [0, 0.05) is 13.1 Å². The Labute approximate surface area is 125 Å². The lowest BCUT2D eigenvalue weighted by atomic mass is 10.1. The van der Waals surface area contributed by atoms with Gasteiger partial charge in [-0.2, -0.15) is 0 Å². The van der Waals surface area contributed by atoms with Crippen LogP contribution in [0.4, 0.5) is 0 Å². The fourth-order valence-corrected chi connectivity index (χ4v) is 1.94. The summed E-state index contributed by atoms with van der Waals surface area (Å²) in [6.45, 7) is 5.29. The van der Waals surface area contributed by atoms with Crippen LogP contribution < -0.4 is 4.74 Å². The third kappa shape index (κ3) is 6.29. The van der Waals surface area contributed by atoms with Crippen LogP contribution in [-0.2, 0) is 16.0 Å². The molecule has 0 aliphatic heterocycles. The van der Waals surface area contributed by atoms with E-state index < -0.39 is 5.97 Å². The van der Waals surface area contributed by atoms with Gasteiger partial charge >= 0.3 is 5.97 Å². The first-order chi connectivity index (χ1) is 10.1. The first-order valence-corrected chi connectivity index (χ1v) is 7.28. The largest absolute Gasteiger partial charge is 0.494 e. The fraction of sp³-hybridized carbons (Fsp3) is 0.500. The summed E-state index contributed by atoms with van der Waals surface area (Å²) in [6.07, 6.45) is 1.16. The summed E-state index contributed by atoms with van der Waals surface area (Å²) in [6, 6.07) is 7.47. The minimum atomic E-state index is -0.892. The molecular weight excluding hydrogens is 270 g/mol. The number of carboxylic acids is 1. The topological polar surface area (TPSA) is 66.8 Å². The van der Waals surface area contributed by atoms with E-state index in [2.05, 4.69) is 0 Å². The summed E-state index contributed by atoms with van der Waals surface area (Å²) < 4.78 is 5.54. The molecule has 0 atom stereocenters. The molecule has 0 heterocycles. The molecule has 21 heavy (non-hydrogen) atoms. The Hall–Kier alpha value is -2.04. The number of nitrogens with zero attached hydrogens (tertiary/aromatic N) is 1. The number of carboxylic acid groups (broad SMARTS) is 1. The molecule has 116 valence electrons. The Morgan fingerprint density at radius 3 is 2.67 bits per heavy atom. The molecule has 1 amide bonds. The number of carbonyl (C=O) groups excluding carboxylic acids is 1. The summed E-state index contributed by atoms with van der Waals surface area (Å²) in [7, 11) is 0. The van der Waals surface area contributed by atoms with Crippen molar-refractivity contribution in [3.8, 4) is 5.75 Å². The van der Waals surface area contributed by atoms with Crippen LogP contribution in [-0.4, -0.2) is 41.6 Å². The summed E-state index contributed by atoms with van der Waals surface area (Å²) in [5.74, 6) is -0.196. The van der Waals surface area contributed by atoms with Crippen molar-refractivity contribution in [1.82, 2.24) is 4.90 Å². The number of hydrogen-bond acceptors (Lipinski definition) is 3. The minimum Gasteiger partial charge on any atom is -0.494 e. The Morgan fingerprint density at radius 1 is 1.29 bits per heavy atom. The molecule has 5 nitrogen and oxygen atoms in total. The van der Waals surface area contributed by atoms with Crippen LogP contribution in [0.1, 0.15) is 32.3 Å². The van der Waals surface area contributed by atoms with Crippen LogP contribution in [0.25, 0.3) is 0 Å². The molecule has 0 spiro atoms. The third-order valence-electron chi connectivity index (χ3n) is 3.06. The van der Waals surface area contributed by atoms with Gasteiger partial charge in [0.2, 0.25) is 5.91 Å². The number of carbonyl (C=O) groups is 2. The predicted molar refractivity (Wildman–Crippen MR) is 80.4 cm³/mol. The van der Waals surface area contributed by atoms with Crippen molar-refractivity contribution < 1.29 is 19.4 Å². The van der Waals surface area contributed by atoms with Gasteiger partial charge in [-0.1, -0.05) is 19.1 Å². The highest BCUT2D eigenvalue weighted by molar-refractivity contribution is 5.79. The average Bonchev–Trinajstić information content (AvgIpc) is 2.46. The second-order valence-corrected chi connectivity index (χ2v) is 4.79. The molecule has 0 radical (unpaired) electrons. The molecule has 1 rings (SSSR count). The average molecular weight is 293 g/mol. The number of hydrogen-bond donors (Lipinski definition) is 1. The Morgan fingerprint density at radius 2 is 2.05 bits per heavy atom. The maximum atomic E-state index is 12.2. The van der Waals surface area contributed by atoms with Crippen LogP contribution in [0.3, 0.4) is 0 Å². The van der Waals surface area contributed by atoms with Gasteiger partial charge in [-0.25, -0.2) is 0 Å². The summed E-state index contributed by atoms with van der Waals surface area (Å²) in [4.78, 5) is 24.3. The van der Waals surface area contributed by atoms with Crippen molar-refractivity contribution in [3.63, 3.8) is 0 Å². The van der Waals surface area contributed by atoms with E-state index in [0.717, 1.165) is 17.7 Å². The van der Waals surface area contributed by atoms with E-state index in [9.17, 15) is 9.59 Å². The van der Waals surface area contributed by atoms with Crippen LogP contribution in [0.2, 0.25) is 0 Å². The van der Waals surface area contributed by atoms with Gasteiger partial charge in [0.05, 0.1) is 19.4 Å². The molecule has 0 saturated carbocycles. The number of likely N-dealkylation sites (N-methyl/N-ethyl adjacent to an activating group) is 1. The Bertz CT molecular complexity index is 473. The summed E-state index contributed by atoms with van der Waals surface area (Å²) in [5, 5.41) is 8.69. The molecule has 1 N–H and O–H groups in total. The number of amides is 1. The van der Waals surface area contributed by atoms with Crippen molar-refractivity contribution in [3.05, 3.63) is 29.8 Å². The van der Waals surface area contributed by atoms with Crippen LogP contribution in [0.15, 0.2) is 24.3 Å². The number of aliphatic carboxylic acids is 1. The van der Waals surface area contributed by atoms with Gasteiger partial charge in [-0.05, 0) is 31.0 Å². The van der Waals surface area contributed by atoms with E-state index in [1.54, 1.807) is 4.90 Å². The molecule has 1 aromatic carbocycles. The molecular formula is C16H23NO4. The van der Waals surface area contributed by atoms with Crippen LogP contribution in [0.5, 0.6) is 5.75 Å². The van der Waals surface area contributed by atoms with Crippen molar-refractivity contribution in [1.29, 1.82) is 0 Å². The van der Waals surface area contributed by atoms with Crippen molar-refractivity contribution in [2.45, 2.75) is 33.1 Å². The maximum absolute atomic E-state index is 12.2. The second kappa shape index (κ2) is 9.00. The number of benzene rings is 1. The second-order valence-electron chi connectivity index (χ2n) is 4.79. The van der Waals surface area contributed by atoms with Crippen LogP contribution >= 0.6 is 0 Å². The van der Waals surface area contributed by atoms with E-state index >= 15 is 0 Å². The van der Waals surface area contributed by atoms with E-state index in [0.29, 0.717) is 13.2 Å². The molecule has 0 aliphatic rings. The maximum Gasteiger partial charge on any atom is 0.305 e. The number of rotatable bonds is 9. The highest BCUT2D eigenvalue weighted by atomic mass is 16.5. The zero-order valence-electron chi connectivity index (χ0n) is 12.7. The predicted octanol–water partition coefficient (Wildman–Crippen LogP) is 2.34. The third-order valence-corrected chi connectivity index (χ3v) is 3.06. The smallest absolute Gasteiger partial charge is 0.305 e. The zero-order valence-corrected chi connectivity index (χ0v) is 12.7. The lowest BCUT2D eigenvalue weighted by Gasteiger charge is -2.20. The molecule has 0 bridgehead atoms. The standard InChI is InChI=1S/C16H23NO4/c1-3-10-21-14-7-5-6-13(11-14)12-15(18)17(4-2)9-8-16(19)20/h5-7,11H,3-4,8-10,12H2,1-2H3,(H,19,20). The first kappa shape index (κ1) is 17.0. The lowest BCUT2D eigenvalue weighted by Crippen LogP contribution is -2.34. The van der Waals surface area contributed by atoms with E-state index in [1.807, 2.05) is 38.1 Å². The summed E-state index contributed by atoms with van der Waals surface area (Å²) in [5.41, 5.74) is 0.877. The normalized spacial score (nSPS) is 10.2. The van der Waals surface area contributed by atoms with Crippen molar-refractivity contribution in [2.75, 3.05) is 19.7 Å². The van der Waals surface area contributed by atoms with Crippen LogP contribution in [0, 0.1) is 0 Å². The van der Waals surface area contributed by atoms with Crippen molar-refractivity contribution >= 4 is 11.9 Å². The quantitative estimate of drug-likeness (QED) is 0.759. The van der Waals surface area contributed by atoms with E-state index in [4.69, 9.17) is 9.84 Å². The lowest BCUT2D eigenvalue weighted by molar-refractivity contribution is -0.138. The van der Waals surface area contributed by atoms with Gasteiger partial charge in [-0.15, -0.1) is 0 Å². The van der Waals surface area contributed by atoms with Gasteiger partial charge in [0.1, 0.15) is 5.75 Å². The highest BCUT2D eigenvalue weighted by Gasteiger charge is 2.13. The molecule has 5 heteroatoms. The fourth-order valence-electron chi connectivity index (χ4n) is 1.94. The molecule has 0 aromatic heterocycles. The SMILES string of the molecule is CCCOc1cccc(CC(=O)N(CC)CCC(=O)O)c1. The van der Waals surface area contributed by atoms with Gasteiger partial charge in [-0.3, -0.25) is 9.59 Å². The first-order valence-electron chi connectivity index (χ1n) is 7.28. The zero-order chi connectivity index (χ0) is 15.7. The monoisotopic (exact) mass is 293 g/mol. The molecule has 0 fully saturated rings. The Balaban J connectivity index is 2.61. The van der Waals surface area contributed by atoms with Gasteiger partial charge in [0.15, 0.2) is 0 Å². The Kier molecular flexibility index (Phi) is 7.29. The molecule has 1 aromatic rings. The van der Waals surface area contributed by atoms with Crippen molar-refractivity contribution in [2.24, 2.45) is 0 Å². The van der Waals surface area contributed by atoms with E-state index in [-0.39, 0.29) is 25.3 Å². The highest BCUT2D eigenvalue weighted by Crippen LogP contribution is 2.15. The molecule has 0 unspecified atom stereocenters.